The summed E-state index contributed by atoms with van der Waals surface area (Å²) >= 11 is 3.06. The lowest BCUT2D eigenvalue weighted by Crippen LogP contribution is -2.43. The quantitative estimate of drug-likeness (QED) is 0.823. The first-order valence-electron chi connectivity index (χ1n) is 7.42. The summed E-state index contributed by atoms with van der Waals surface area (Å²) in [5.41, 5.74) is -0.308. The smallest absolute Gasteiger partial charge is 0.223 e. The lowest BCUT2D eigenvalue weighted by Gasteiger charge is -2.28. The Kier molecular flexibility index (Phi) is 4.76. The Morgan fingerprint density at radius 2 is 2.27 bits per heavy atom. The zero-order valence-corrected chi connectivity index (χ0v) is 13.8. The van der Waals surface area contributed by atoms with Crippen LogP contribution in [0.2, 0.25) is 0 Å². The van der Waals surface area contributed by atoms with Gasteiger partial charge in [-0.05, 0) is 47.5 Å². The highest BCUT2D eigenvalue weighted by atomic mass is 32.1. The second-order valence-corrected chi connectivity index (χ2v) is 7.28. The number of allylic oxidation sites excluding steroid dienone is 2. The van der Waals surface area contributed by atoms with Crippen molar-refractivity contribution in [1.29, 1.82) is 0 Å². The van der Waals surface area contributed by atoms with Crippen molar-refractivity contribution < 1.29 is 9.90 Å². The molecule has 0 saturated carbocycles. The summed E-state index contributed by atoms with van der Waals surface area (Å²) in [6.45, 7) is 0.212. The van der Waals surface area contributed by atoms with E-state index in [9.17, 15) is 9.90 Å². The van der Waals surface area contributed by atoms with Gasteiger partial charge in [-0.1, -0.05) is 18.2 Å². The van der Waals surface area contributed by atoms with Crippen LogP contribution in [-0.2, 0) is 10.4 Å². The molecule has 2 atom stereocenters. The van der Waals surface area contributed by atoms with Gasteiger partial charge in [0.15, 0.2) is 0 Å². The Balaban J connectivity index is 1.74. The Morgan fingerprint density at radius 1 is 1.36 bits per heavy atom. The van der Waals surface area contributed by atoms with Crippen LogP contribution in [0.1, 0.15) is 29.7 Å². The molecular weight excluding hydrogens is 314 g/mol. The molecule has 3 nitrogen and oxygen atoms in total. The maximum atomic E-state index is 12.3. The molecule has 1 aliphatic rings. The number of amides is 1. The number of rotatable bonds is 5. The van der Waals surface area contributed by atoms with Gasteiger partial charge in [-0.15, -0.1) is 11.3 Å². The lowest BCUT2D eigenvalue weighted by molar-refractivity contribution is -0.126. The van der Waals surface area contributed by atoms with E-state index in [-0.39, 0.29) is 18.4 Å². The fourth-order valence-electron chi connectivity index (χ4n) is 2.74. The predicted octanol–water partition coefficient (Wildman–Crippen LogP) is 3.52. The van der Waals surface area contributed by atoms with Gasteiger partial charge >= 0.3 is 0 Å². The molecular formula is C17H19NO2S2. The van der Waals surface area contributed by atoms with Crippen molar-refractivity contribution in [3.8, 4) is 0 Å². The summed E-state index contributed by atoms with van der Waals surface area (Å²) < 4.78 is 0. The molecule has 2 heterocycles. The highest BCUT2D eigenvalue weighted by molar-refractivity contribution is 7.10. The topological polar surface area (TPSA) is 49.3 Å². The molecule has 0 aromatic carbocycles. The molecule has 1 amide bonds. The van der Waals surface area contributed by atoms with Crippen LogP contribution in [0.4, 0.5) is 0 Å². The molecule has 0 fully saturated rings. The maximum absolute atomic E-state index is 12.3. The minimum absolute atomic E-state index is 0.0278. The maximum Gasteiger partial charge on any atom is 0.223 e. The monoisotopic (exact) mass is 333 g/mol. The van der Waals surface area contributed by atoms with Gasteiger partial charge in [0.05, 0.1) is 6.54 Å². The number of nitrogens with one attached hydrogen (secondary N) is 1. The summed E-state index contributed by atoms with van der Waals surface area (Å²) in [5, 5.41) is 20.0. The van der Waals surface area contributed by atoms with E-state index in [4.69, 9.17) is 0 Å². The van der Waals surface area contributed by atoms with Crippen LogP contribution in [0, 0.1) is 5.92 Å². The van der Waals surface area contributed by atoms with Gasteiger partial charge in [0.25, 0.3) is 0 Å². The highest BCUT2D eigenvalue weighted by Crippen LogP contribution is 2.33. The van der Waals surface area contributed by atoms with Crippen molar-refractivity contribution in [2.45, 2.75) is 24.9 Å². The lowest BCUT2D eigenvalue weighted by atomic mass is 9.91. The van der Waals surface area contributed by atoms with Crippen LogP contribution in [0.3, 0.4) is 0 Å². The first kappa shape index (κ1) is 15.5. The first-order chi connectivity index (χ1) is 10.7. The van der Waals surface area contributed by atoms with Crippen LogP contribution in [0.25, 0.3) is 0 Å². The molecule has 0 radical (unpaired) electrons. The van der Waals surface area contributed by atoms with E-state index < -0.39 is 5.60 Å². The van der Waals surface area contributed by atoms with Gasteiger partial charge in [0.1, 0.15) is 5.60 Å². The SMILES string of the molecule is O=C(NC[C@@](O)(c1ccsc1)c1cccs1)[C@@H]1CC=CCC1. The van der Waals surface area contributed by atoms with Crippen LogP contribution >= 0.6 is 22.7 Å². The summed E-state index contributed by atoms with van der Waals surface area (Å²) in [6, 6.07) is 5.75. The standard InChI is InChI=1S/C17H19NO2S2/c19-16(13-5-2-1-3-6-13)18-12-17(20,14-8-10-21-11-14)15-7-4-9-22-15/h1-2,4,7-11,13,20H,3,5-6,12H2,(H,18,19)/t13-,17-/m1/s1. The summed E-state index contributed by atoms with van der Waals surface area (Å²) in [7, 11) is 0. The van der Waals surface area contributed by atoms with Crippen molar-refractivity contribution in [2.75, 3.05) is 6.54 Å². The largest absolute Gasteiger partial charge is 0.378 e. The third kappa shape index (κ3) is 3.16. The Hall–Kier alpha value is -1.43. The molecule has 0 aliphatic heterocycles. The minimum atomic E-state index is -1.14. The number of carbonyl (C=O) groups excluding carboxylic acids is 1. The number of thiophene rings is 2. The fourth-order valence-corrected chi connectivity index (χ4v) is 4.31. The minimum Gasteiger partial charge on any atom is -0.378 e. The normalized spacial score (nSPS) is 20.5. The zero-order chi connectivity index (χ0) is 15.4. The molecule has 1 aliphatic carbocycles. The molecule has 2 aromatic heterocycles. The van der Waals surface area contributed by atoms with Crippen molar-refractivity contribution in [1.82, 2.24) is 5.32 Å². The Bertz CT molecular complexity index is 597. The van der Waals surface area contributed by atoms with Gasteiger partial charge in [0, 0.05) is 16.4 Å². The zero-order valence-electron chi connectivity index (χ0n) is 12.2. The van der Waals surface area contributed by atoms with E-state index in [0.29, 0.717) is 0 Å². The van der Waals surface area contributed by atoms with Gasteiger partial charge < -0.3 is 10.4 Å². The average molecular weight is 333 g/mol. The van der Waals surface area contributed by atoms with Crippen molar-refractivity contribution in [3.63, 3.8) is 0 Å². The number of hydrogen-bond donors (Lipinski definition) is 2. The molecule has 22 heavy (non-hydrogen) atoms. The molecule has 2 N–H and O–H groups in total. The van der Waals surface area contributed by atoms with Gasteiger partial charge in [0.2, 0.25) is 5.91 Å². The van der Waals surface area contributed by atoms with E-state index in [2.05, 4.69) is 17.5 Å². The molecule has 5 heteroatoms. The van der Waals surface area contributed by atoms with Crippen LogP contribution in [-0.4, -0.2) is 17.6 Å². The van der Waals surface area contributed by atoms with Crippen LogP contribution < -0.4 is 5.32 Å². The number of carbonyl (C=O) groups is 1. The van der Waals surface area contributed by atoms with Crippen LogP contribution in [0.5, 0.6) is 0 Å². The Labute approximate surface area is 138 Å². The first-order valence-corrected chi connectivity index (χ1v) is 9.24. The predicted molar refractivity (Wildman–Crippen MR) is 91.1 cm³/mol. The summed E-state index contributed by atoms with van der Waals surface area (Å²) in [5.74, 6) is 0.0645. The van der Waals surface area contributed by atoms with E-state index in [1.165, 1.54) is 11.3 Å². The third-order valence-corrected chi connectivity index (χ3v) is 5.79. The van der Waals surface area contributed by atoms with Crippen molar-refractivity contribution in [2.24, 2.45) is 5.92 Å². The van der Waals surface area contributed by atoms with E-state index in [0.717, 1.165) is 29.7 Å². The molecule has 0 saturated heterocycles. The number of aliphatic hydroxyl groups is 1. The molecule has 0 bridgehead atoms. The fraction of sp³-hybridized carbons (Fsp3) is 0.353. The summed E-state index contributed by atoms with van der Waals surface area (Å²) in [6.07, 6.45) is 6.83. The summed E-state index contributed by atoms with van der Waals surface area (Å²) in [4.78, 5) is 13.2. The van der Waals surface area contributed by atoms with Gasteiger partial charge in [-0.25, -0.2) is 0 Å². The van der Waals surface area contributed by atoms with E-state index in [1.807, 2.05) is 34.3 Å². The second-order valence-electron chi connectivity index (χ2n) is 5.55. The molecule has 0 spiro atoms. The molecule has 0 unspecified atom stereocenters. The van der Waals surface area contributed by atoms with Gasteiger partial charge in [-0.3, -0.25) is 4.79 Å². The van der Waals surface area contributed by atoms with Crippen LogP contribution in [0.15, 0.2) is 46.5 Å². The second kappa shape index (κ2) is 6.77. The molecule has 116 valence electrons. The van der Waals surface area contributed by atoms with Crippen molar-refractivity contribution >= 4 is 28.6 Å². The average Bonchev–Trinajstić information content (AvgIpc) is 3.26. The van der Waals surface area contributed by atoms with Gasteiger partial charge in [-0.2, -0.15) is 11.3 Å². The van der Waals surface area contributed by atoms with E-state index >= 15 is 0 Å². The third-order valence-electron chi connectivity index (χ3n) is 4.09. The molecule has 3 rings (SSSR count). The van der Waals surface area contributed by atoms with Crippen molar-refractivity contribution in [3.05, 3.63) is 56.9 Å². The Morgan fingerprint density at radius 3 is 2.91 bits per heavy atom. The van der Waals surface area contributed by atoms with E-state index in [1.54, 1.807) is 11.3 Å². The molecule has 2 aromatic rings. The number of hydrogen-bond acceptors (Lipinski definition) is 4. The highest BCUT2D eigenvalue weighted by Gasteiger charge is 2.34.